The summed E-state index contributed by atoms with van der Waals surface area (Å²) in [5.74, 6) is 0.968. The van der Waals surface area contributed by atoms with Crippen LogP contribution in [0, 0.1) is 17.8 Å². The van der Waals surface area contributed by atoms with Gasteiger partial charge in [-0.05, 0) is 50.9 Å². The molecule has 5 rings (SSSR count). The van der Waals surface area contributed by atoms with Crippen molar-refractivity contribution in [3.05, 3.63) is 29.8 Å². The van der Waals surface area contributed by atoms with E-state index in [9.17, 15) is 5.11 Å². The summed E-state index contributed by atoms with van der Waals surface area (Å²) in [6.45, 7) is 3.78. The summed E-state index contributed by atoms with van der Waals surface area (Å²) >= 11 is 0. The van der Waals surface area contributed by atoms with Gasteiger partial charge in [0.15, 0.2) is 6.29 Å². The first-order chi connectivity index (χ1) is 12.2. The maximum Gasteiger partial charge on any atom is 0.160 e. The molecule has 0 radical (unpaired) electrons. The van der Waals surface area contributed by atoms with E-state index in [-0.39, 0.29) is 23.5 Å². The fourth-order valence-corrected chi connectivity index (χ4v) is 6.27. The van der Waals surface area contributed by atoms with E-state index in [1.165, 1.54) is 11.3 Å². The Kier molecular flexibility index (Phi) is 3.65. The molecule has 136 valence electrons. The monoisotopic (exact) mass is 344 g/mol. The maximum absolute atomic E-state index is 10.8. The zero-order valence-electron chi connectivity index (χ0n) is 14.9. The maximum atomic E-state index is 10.8. The minimum Gasteiger partial charge on any atom is -0.381 e. The highest BCUT2D eigenvalue weighted by molar-refractivity contribution is 5.64. The standard InChI is InChI=1S/C20H28N2O3/c1-11-17-12-9-16(25-19(17)23)20(7-8-21-2)14-5-3-4-6-15(14)22-18(20)13(12)10-24-11/h3-6,11-13,16-19,21-23H,7-10H2,1-2H3/t11-,12-,13-,16+,17+,18+,19+,20-/m1/s1. The van der Waals surface area contributed by atoms with E-state index in [4.69, 9.17) is 9.47 Å². The average Bonchev–Trinajstić information content (AvgIpc) is 2.95. The molecule has 3 fully saturated rings. The first kappa shape index (κ1) is 16.1. The molecule has 3 N–H and O–H groups in total. The van der Waals surface area contributed by atoms with Gasteiger partial charge in [0.1, 0.15) is 0 Å². The molecule has 5 nitrogen and oxygen atoms in total. The molecule has 2 bridgehead atoms. The number of benzene rings is 1. The summed E-state index contributed by atoms with van der Waals surface area (Å²) in [5.41, 5.74) is 2.48. The van der Waals surface area contributed by atoms with Gasteiger partial charge in [0.05, 0.1) is 18.8 Å². The number of rotatable bonds is 3. The fraction of sp³-hybridized carbons (Fsp3) is 0.700. The zero-order valence-corrected chi connectivity index (χ0v) is 14.9. The van der Waals surface area contributed by atoms with Crippen LogP contribution in [0.15, 0.2) is 24.3 Å². The number of hydrogen-bond acceptors (Lipinski definition) is 5. The van der Waals surface area contributed by atoms with E-state index in [1.807, 2.05) is 7.05 Å². The predicted molar refractivity (Wildman–Crippen MR) is 95.5 cm³/mol. The second-order valence-electron chi connectivity index (χ2n) is 8.26. The third kappa shape index (κ3) is 2.04. The van der Waals surface area contributed by atoms with E-state index < -0.39 is 6.29 Å². The highest BCUT2D eigenvalue weighted by atomic mass is 16.6. The Morgan fingerprint density at radius 2 is 2.16 bits per heavy atom. The summed E-state index contributed by atoms with van der Waals surface area (Å²) in [6, 6.07) is 8.95. The second kappa shape index (κ2) is 5.68. The molecule has 4 aliphatic rings. The van der Waals surface area contributed by atoms with Crippen molar-refractivity contribution in [2.24, 2.45) is 17.8 Å². The highest BCUT2D eigenvalue weighted by Crippen LogP contribution is 2.60. The summed E-state index contributed by atoms with van der Waals surface area (Å²) in [5, 5.41) is 17.9. The lowest BCUT2D eigenvalue weighted by molar-refractivity contribution is -0.295. The lowest BCUT2D eigenvalue weighted by Crippen LogP contribution is -2.68. The van der Waals surface area contributed by atoms with Crippen molar-refractivity contribution in [1.82, 2.24) is 5.32 Å². The van der Waals surface area contributed by atoms with Crippen LogP contribution in [-0.2, 0) is 14.9 Å². The van der Waals surface area contributed by atoms with Gasteiger partial charge in [0.25, 0.3) is 0 Å². The van der Waals surface area contributed by atoms with E-state index in [0.29, 0.717) is 17.9 Å². The molecular weight excluding hydrogens is 316 g/mol. The van der Waals surface area contributed by atoms with E-state index in [1.54, 1.807) is 0 Å². The summed E-state index contributed by atoms with van der Waals surface area (Å²) in [7, 11) is 2.00. The highest BCUT2D eigenvalue weighted by Gasteiger charge is 2.65. The molecule has 1 saturated carbocycles. The summed E-state index contributed by atoms with van der Waals surface area (Å²) < 4.78 is 12.4. The van der Waals surface area contributed by atoms with Crippen LogP contribution in [0.1, 0.15) is 25.3 Å². The van der Waals surface area contributed by atoms with Gasteiger partial charge in [-0.2, -0.15) is 0 Å². The fourth-order valence-electron chi connectivity index (χ4n) is 6.27. The number of nitrogens with one attached hydrogen (secondary N) is 2. The molecule has 5 heteroatoms. The van der Waals surface area contributed by atoms with Crippen LogP contribution in [0.2, 0.25) is 0 Å². The smallest absolute Gasteiger partial charge is 0.160 e. The molecule has 0 amide bonds. The van der Waals surface area contributed by atoms with Crippen molar-refractivity contribution >= 4 is 5.69 Å². The third-order valence-electron chi connectivity index (χ3n) is 7.34. The van der Waals surface area contributed by atoms with Gasteiger partial charge in [-0.1, -0.05) is 18.2 Å². The first-order valence-corrected chi connectivity index (χ1v) is 9.62. The van der Waals surface area contributed by atoms with Crippen LogP contribution in [0.4, 0.5) is 5.69 Å². The number of ether oxygens (including phenoxy) is 2. The number of para-hydroxylation sites is 1. The Morgan fingerprint density at radius 1 is 1.32 bits per heavy atom. The van der Waals surface area contributed by atoms with Crippen LogP contribution in [0.5, 0.6) is 0 Å². The first-order valence-electron chi connectivity index (χ1n) is 9.62. The Labute approximate surface area is 149 Å². The lowest BCUT2D eigenvalue weighted by Gasteiger charge is -2.60. The van der Waals surface area contributed by atoms with Crippen LogP contribution >= 0.6 is 0 Å². The molecule has 25 heavy (non-hydrogen) atoms. The molecule has 1 aromatic carbocycles. The molecule has 3 heterocycles. The molecule has 0 unspecified atom stereocenters. The SMILES string of the molecule is CNCC[C@]12c3ccccc3N[C@H]1[C@@H]1CO[C@H](C)[C@H]3[C@@H]1C[C@@H]2O[C@@H]3O. The number of hydrogen-bond donors (Lipinski definition) is 3. The molecule has 2 saturated heterocycles. The topological polar surface area (TPSA) is 62.8 Å². The molecule has 1 aromatic rings. The van der Waals surface area contributed by atoms with Gasteiger partial charge in [-0.25, -0.2) is 0 Å². The van der Waals surface area contributed by atoms with Crippen molar-refractivity contribution in [3.63, 3.8) is 0 Å². The quantitative estimate of drug-likeness (QED) is 0.779. The van der Waals surface area contributed by atoms with Crippen LogP contribution in [0.3, 0.4) is 0 Å². The van der Waals surface area contributed by atoms with Gasteiger partial charge in [0, 0.05) is 29.0 Å². The molecule has 3 aliphatic heterocycles. The Balaban J connectivity index is 1.64. The van der Waals surface area contributed by atoms with Crippen LogP contribution in [-0.4, -0.2) is 49.8 Å². The lowest BCUT2D eigenvalue weighted by atomic mass is 9.53. The number of fused-ring (bicyclic) bond motifs is 6. The predicted octanol–water partition coefficient (Wildman–Crippen LogP) is 1.72. The Morgan fingerprint density at radius 3 is 3.00 bits per heavy atom. The Bertz CT molecular complexity index is 668. The van der Waals surface area contributed by atoms with Crippen LogP contribution < -0.4 is 10.6 Å². The van der Waals surface area contributed by atoms with E-state index in [2.05, 4.69) is 41.8 Å². The molecular formula is C20H28N2O3. The third-order valence-corrected chi connectivity index (χ3v) is 7.34. The van der Waals surface area contributed by atoms with Gasteiger partial charge in [-0.3, -0.25) is 0 Å². The van der Waals surface area contributed by atoms with Gasteiger partial charge < -0.3 is 25.2 Å². The normalized spacial score (nSPS) is 46.9. The number of anilines is 1. The van der Waals surface area contributed by atoms with Crippen molar-refractivity contribution in [2.45, 2.75) is 49.7 Å². The summed E-state index contributed by atoms with van der Waals surface area (Å²) in [4.78, 5) is 0. The van der Waals surface area contributed by atoms with Gasteiger partial charge >= 0.3 is 0 Å². The minimum atomic E-state index is -0.721. The largest absolute Gasteiger partial charge is 0.381 e. The molecule has 0 aromatic heterocycles. The van der Waals surface area contributed by atoms with Gasteiger partial charge in [0.2, 0.25) is 0 Å². The number of aliphatic hydroxyl groups is 1. The molecule has 1 aliphatic carbocycles. The summed E-state index contributed by atoms with van der Waals surface area (Å²) in [6.07, 6.45) is 1.42. The minimum absolute atomic E-state index is 0.0554. The van der Waals surface area contributed by atoms with E-state index in [0.717, 1.165) is 26.0 Å². The average molecular weight is 344 g/mol. The zero-order chi connectivity index (χ0) is 17.2. The van der Waals surface area contributed by atoms with E-state index >= 15 is 0 Å². The van der Waals surface area contributed by atoms with Crippen LogP contribution in [0.25, 0.3) is 0 Å². The van der Waals surface area contributed by atoms with Crippen molar-refractivity contribution in [1.29, 1.82) is 0 Å². The second-order valence-corrected chi connectivity index (χ2v) is 8.26. The van der Waals surface area contributed by atoms with Crippen molar-refractivity contribution in [3.8, 4) is 0 Å². The van der Waals surface area contributed by atoms with Gasteiger partial charge in [-0.15, -0.1) is 0 Å². The van der Waals surface area contributed by atoms with Crippen molar-refractivity contribution in [2.75, 3.05) is 25.5 Å². The number of aliphatic hydroxyl groups excluding tert-OH is 1. The molecule has 8 atom stereocenters. The molecule has 0 spiro atoms. The Hall–Kier alpha value is -1.14. The van der Waals surface area contributed by atoms with Crippen molar-refractivity contribution < 1.29 is 14.6 Å².